The highest BCUT2D eigenvalue weighted by atomic mass is 32.2. The Morgan fingerprint density at radius 1 is 1.31 bits per heavy atom. The first-order chi connectivity index (χ1) is 7.63. The van der Waals surface area contributed by atoms with Gasteiger partial charge in [-0.2, -0.15) is 0 Å². The van der Waals surface area contributed by atoms with Gasteiger partial charge in [0.05, 0.1) is 5.75 Å². The lowest BCUT2D eigenvalue weighted by atomic mass is 9.87. The standard InChI is InChI=1S/C13H24O2S/c1-3-11(2)9-16(15)10-13(14)12-7-5-4-6-8-12/h11-12H,3-10H2,1-2H3. The summed E-state index contributed by atoms with van der Waals surface area (Å²) in [6, 6.07) is 0. The second-order valence-electron chi connectivity index (χ2n) is 5.07. The van der Waals surface area contributed by atoms with Crippen LogP contribution in [0.1, 0.15) is 52.4 Å². The van der Waals surface area contributed by atoms with Crippen LogP contribution in [0.5, 0.6) is 0 Å². The molecule has 1 rings (SSSR count). The SMILES string of the molecule is CCC(C)CS(=O)CC(=O)C1CCCCC1. The van der Waals surface area contributed by atoms with Crippen molar-refractivity contribution in [3.63, 3.8) is 0 Å². The van der Waals surface area contributed by atoms with Crippen LogP contribution in [-0.2, 0) is 15.6 Å². The van der Waals surface area contributed by atoms with E-state index in [1.165, 1.54) is 19.3 Å². The summed E-state index contributed by atoms with van der Waals surface area (Å²) in [4.78, 5) is 11.9. The fourth-order valence-corrected chi connectivity index (χ4v) is 3.74. The van der Waals surface area contributed by atoms with E-state index in [0.717, 1.165) is 19.3 Å². The Hall–Kier alpha value is -0.180. The van der Waals surface area contributed by atoms with E-state index < -0.39 is 10.8 Å². The zero-order valence-corrected chi connectivity index (χ0v) is 11.4. The summed E-state index contributed by atoms with van der Waals surface area (Å²) in [5.74, 6) is 1.93. The van der Waals surface area contributed by atoms with E-state index in [0.29, 0.717) is 17.4 Å². The molecule has 1 saturated carbocycles. The van der Waals surface area contributed by atoms with E-state index >= 15 is 0 Å². The van der Waals surface area contributed by atoms with Gasteiger partial charge in [0, 0.05) is 22.5 Å². The first-order valence-electron chi connectivity index (χ1n) is 6.51. The third kappa shape index (κ3) is 4.77. The molecule has 0 radical (unpaired) electrons. The second kappa shape index (κ2) is 7.21. The van der Waals surface area contributed by atoms with Crippen LogP contribution in [0.25, 0.3) is 0 Å². The van der Waals surface area contributed by atoms with Gasteiger partial charge >= 0.3 is 0 Å². The molecule has 0 aromatic heterocycles. The molecule has 0 spiro atoms. The molecule has 0 aromatic carbocycles. The molecule has 2 unspecified atom stereocenters. The first kappa shape index (κ1) is 13.9. The molecular formula is C13H24O2S. The predicted octanol–water partition coefficient (Wildman–Crippen LogP) is 2.93. The maximum atomic E-state index is 11.9. The number of hydrogen-bond acceptors (Lipinski definition) is 2. The Morgan fingerprint density at radius 3 is 2.50 bits per heavy atom. The molecule has 1 aliphatic carbocycles. The highest BCUT2D eigenvalue weighted by Crippen LogP contribution is 2.24. The molecule has 1 fully saturated rings. The highest BCUT2D eigenvalue weighted by Gasteiger charge is 2.22. The largest absolute Gasteiger partial charge is 0.298 e. The Kier molecular flexibility index (Phi) is 6.25. The van der Waals surface area contributed by atoms with Gasteiger partial charge in [0.2, 0.25) is 0 Å². The van der Waals surface area contributed by atoms with Crippen molar-refractivity contribution >= 4 is 16.6 Å². The van der Waals surface area contributed by atoms with Gasteiger partial charge < -0.3 is 0 Å². The summed E-state index contributed by atoms with van der Waals surface area (Å²) in [5, 5.41) is 0. The van der Waals surface area contributed by atoms with Gasteiger partial charge in [-0.25, -0.2) is 0 Å². The maximum absolute atomic E-state index is 11.9. The monoisotopic (exact) mass is 244 g/mol. The topological polar surface area (TPSA) is 34.1 Å². The Balaban J connectivity index is 2.29. The molecule has 16 heavy (non-hydrogen) atoms. The van der Waals surface area contributed by atoms with Crippen LogP contribution >= 0.6 is 0 Å². The predicted molar refractivity (Wildman–Crippen MR) is 68.9 cm³/mol. The van der Waals surface area contributed by atoms with Gasteiger partial charge in [-0.1, -0.05) is 39.5 Å². The van der Waals surface area contributed by atoms with Crippen LogP contribution in [0.4, 0.5) is 0 Å². The molecule has 0 aliphatic heterocycles. The number of Topliss-reactive ketones (excluding diaryl/α,β-unsaturated/α-hetero) is 1. The Labute approximate surface area is 102 Å². The lowest BCUT2D eigenvalue weighted by Crippen LogP contribution is -2.25. The zero-order valence-electron chi connectivity index (χ0n) is 10.5. The van der Waals surface area contributed by atoms with Crippen molar-refractivity contribution in [2.75, 3.05) is 11.5 Å². The van der Waals surface area contributed by atoms with Crippen LogP contribution in [0.15, 0.2) is 0 Å². The van der Waals surface area contributed by atoms with Gasteiger partial charge in [-0.05, 0) is 18.8 Å². The molecule has 0 amide bonds. The molecular weight excluding hydrogens is 220 g/mol. The van der Waals surface area contributed by atoms with E-state index in [1.54, 1.807) is 0 Å². The molecule has 94 valence electrons. The average molecular weight is 244 g/mol. The van der Waals surface area contributed by atoms with Crippen LogP contribution in [0, 0.1) is 11.8 Å². The van der Waals surface area contributed by atoms with Crippen molar-refractivity contribution in [1.29, 1.82) is 0 Å². The number of rotatable bonds is 6. The van der Waals surface area contributed by atoms with Gasteiger partial charge in [0.15, 0.2) is 0 Å². The number of ketones is 1. The van der Waals surface area contributed by atoms with Crippen LogP contribution in [0.3, 0.4) is 0 Å². The van der Waals surface area contributed by atoms with E-state index in [1.807, 2.05) is 0 Å². The normalized spacial score (nSPS) is 21.6. The molecule has 2 atom stereocenters. The molecule has 0 N–H and O–H groups in total. The van der Waals surface area contributed by atoms with Crippen molar-refractivity contribution in [1.82, 2.24) is 0 Å². The fraction of sp³-hybridized carbons (Fsp3) is 0.923. The Morgan fingerprint density at radius 2 is 1.94 bits per heavy atom. The van der Waals surface area contributed by atoms with E-state index in [9.17, 15) is 9.00 Å². The molecule has 2 nitrogen and oxygen atoms in total. The summed E-state index contributed by atoms with van der Waals surface area (Å²) in [6.45, 7) is 4.20. The molecule has 0 saturated heterocycles. The molecule has 1 aliphatic rings. The zero-order chi connectivity index (χ0) is 12.0. The van der Waals surface area contributed by atoms with Crippen molar-refractivity contribution in [3.05, 3.63) is 0 Å². The van der Waals surface area contributed by atoms with Crippen LogP contribution in [0.2, 0.25) is 0 Å². The van der Waals surface area contributed by atoms with Gasteiger partial charge in [0.1, 0.15) is 5.78 Å². The van der Waals surface area contributed by atoms with Crippen molar-refractivity contribution in [2.24, 2.45) is 11.8 Å². The fourth-order valence-electron chi connectivity index (χ4n) is 2.20. The summed E-state index contributed by atoms with van der Waals surface area (Å²) >= 11 is 0. The summed E-state index contributed by atoms with van der Waals surface area (Å²) < 4.78 is 11.8. The van der Waals surface area contributed by atoms with Crippen LogP contribution < -0.4 is 0 Å². The average Bonchev–Trinajstić information content (AvgIpc) is 2.29. The number of hydrogen-bond donors (Lipinski definition) is 0. The van der Waals surface area contributed by atoms with E-state index in [2.05, 4.69) is 13.8 Å². The minimum atomic E-state index is -0.931. The highest BCUT2D eigenvalue weighted by molar-refractivity contribution is 7.85. The first-order valence-corrected chi connectivity index (χ1v) is 8.00. The summed E-state index contributed by atoms with van der Waals surface area (Å²) in [6.07, 6.45) is 6.71. The Bertz CT molecular complexity index is 244. The van der Waals surface area contributed by atoms with Crippen molar-refractivity contribution in [2.45, 2.75) is 52.4 Å². The summed E-state index contributed by atoms with van der Waals surface area (Å²) in [5.41, 5.74) is 0. The van der Waals surface area contributed by atoms with E-state index in [-0.39, 0.29) is 11.7 Å². The van der Waals surface area contributed by atoms with Crippen LogP contribution in [-0.4, -0.2) is 21.5 Å². The molecule has 3 heteroatoms. The smallest absolute Gasteiger partial charge is 0.148 e. The van der Waals surface area contributed by atoms with Gasteiger partial charge in [0.25, 0.3) is 0 Å². The van der Waals surface area contributed by atoms with E-state index in [4.69, 9.17) is 0 Å². The number of carbonyl (C=O) groups excluding carboxylic acids is 1. The molecule has 0 heterocycles. The lowest BCUT2D eigenvalue weighted by molar-refractivity contribution is -0.121. The van der Waals surface area contributed by atoms with Gasteiger partial charge in [-0.15, -0.1) is 0 Å². The minimum Gasteiger partial charge on any atom is -0.298 e. The quantitative estimate of drug-likeness (QED) is 0.720. The third-order valence-corrected chi connectivity index (χ3v) is 5.08. The van der Waals surface area contributed by atoms with Gasteiger partial charge in [-0.3, -0.25) is 9.00 Å². The molecule has 0 aromatic rings. The molecule has 0 bridgehead atoms. The second-order valence-corrected chi connectivity index (χ2v) is 6.57. The number of carbonyl (C=O) groups is 1. The lowest BCUT2D eigenvalue weighted by Gasteiger charge is -2.20. The minimum absolute atomic E-state index is 0.217. The van der Waals surface area contributed by atoms with Crippen molar-refractivity contribution < 1.29 is 9.00 Å². The summed E-state index contributed by atoms with van der Waals surface area (Å²) in [7, 11) is -0.931. The van der Waals surface area contributed by atoms with Crippen molar-refractivity contribution in [3.8, 4) is 0 Å². The maximum Gasteiger partial charge on any atom is 0.148 e. The third-order valence-electron chi connectivity index (χ3n) is 3.53.